The number of primary amides is 1. The van der Waals surface area contributed by atoms with E-state index in [1.807, 2.05) is 29.0 Å². The van der Waals surface area contributed by atoms with E-state index in [2.05, 4.69) is 10.2 Å². The summed E-state index contributed by atoms with van der Waals surface area (Å²) in [6, 6.07) is 10.3. The highest BCUT2D eigenvalue weighted by atomic mass is 32.2. The summed E-state index contributed by atoms with van der Waals surface area (Å²) < 4.78 is 15.0. The van der Waals surface area contributed by atoms with Crippen LogP contribution in [0.25, 0.3) is 10.7 Å². The Morgan fingerprint density at radius 3 is 2.72 bits per heavy atom. The van der Waals surface area contributed by atoms with Crippen molar-refractivity contribution in [1.82, 2.24) is 14.8 Å². The van der Waals surface area contributed by atoms with Gasteiger partial charge in [-0.05, 0) is 36.1 Å². The first-order chi connectivity index (χ1) is 12.0. The Hall–Kier alpha value is -2.19. The highest BCUT2D eigenvalue weighted by Crippen LogP contribution is 2.36. The van der Waals surface area contributed by atoms with Crippen LogP contribution in [0.4, 0.5) is 4.39 Å². The van der Waals surface area contributed by atoms with Gasteiger partial charge in [0, 0.05) is 18.2 Å². The molecule has 130 valence electrons. The molecule has 0 spiro atoms. The lowest BCUT2D eigenvalue weighted by molar-refractivity contribution is -0.118. The van der Waals surface area contributed by atoms with Gasteiger partial charge in [-0.15, -0.1) is 21.5 Å². The largest absolute Gasteiger partial charge is 0.370 e. The van der Waals surface area contributed by atoms with Crippen molar-refractivity contribution in [2.24, 2.45) is 5.73 Å². The van der Waals surface area contributed by atoms with E-state index < -0.39 is 0 Å². The van der Waals surface area contributed by atoms with Crippen LogP contribution in [0.15, 0.2) is 46.9 Å². The first-order valence-electron chi connectivity index (χ1n) is 7.72. The topological polar surface area (TPSA) is 73.8 Å². The van der Waals surface area contributed by atoms with Crippen molar-refractivity contribution in [2.45, 2.75) is 30.3 Å². The number of thioether (sulfide) groups is 1. The van der Waals surface area contributed by atoms with Crippen molar-refractivity contribution in [3.63, 3.8) is 0 Å². The standard InChI is InChI=1S/C17H17FN4OS2/c1-11(12-4-6-13(18)7-5-12)25-17-21-20-16(14-3-2-10-24-14)22(17)9-8-15(19)23/h2-7,10-11H,8-9H2,1H3,(H2,19,23)/t11-/m1/s1. The number of amides is 1. The molecular formula is C17H17FN4OS2. The molecule has 1 amide bonds. The number of benzene rings is 1. The molecule has 0 aliphatic rings. The van der Waals surface area contributed by atoms with Gasteiger partial charge < -0.3 is 10.3 Å². The number of halogens is 1. The molecule has 3 aromatic rings. The zero-order valence-corrected chi connectivity index (χ0v) is 15.2. The van der Waals surface area contributed by atoms with Gasteiger partial charge in [0.05, 0.1) is 4.88 Å². The van der Waals surface area contributed by atoms with E-state index >= 15 is 0 Å². The molecule has 0 saturated heterocycles. The number of thiophene rings is 1. The smallest absolute Gasteiger partial charge is 0.219 e. The van der Waals surface area contributed by atoms with Crippen molar-refractivity contribution in [3.05, 3.63) is 53.2 Å². The summed E-state index contributed by atoms with van der Waals surface area (Å²) in [6.07, 6.45) is 0.217. The average Bonchev–Trinajstić information content (AvgIpc) is 3.23. The van der Waals surface area contributed by atoms with Gasteiger partial charge in [-0.3, -0.25) is 4.79 Å². The van der Waals surface area contributed by atoms with Crippen LogP contribution in [0.2, 0.25) is 0 Å². The first-order valence-corrected chi connectivity index (χ1v) is 9.48. The molecule has 1 aromatic carbocycles. The Labute approximate surface area is 153 Å². The van der Waals surface area contributed by atoms with Crippen molar-refractivity contribution in [3.8, 4) is 10.7 Å². The molecule has 0 fully saturated rings. The molecule has 1 atom stereocenters. The lowest BCUT2D eigenvalue weighted by Crippen LogP contribution is -2.15. The molecule has 0 unspecified atom stereocenters. The minimum Gasteiger partial charge on any atom is -0.370 e. The molecule has 8 heteroatoms. The summed E-state index contributed by atoms with van der Waals surface area (Å²) in [5.41, 5.74) is 6.30. The molecule has 2 heterocycles. The monoisotopic (exact) mass is 376 g/mol. The number of nitrogens with zero attached hydrogens (tertiary/aromatic N) is 3. The Morgan fingerprint density at radius 1 is 1.32 bits per heavy atom. The maximum Gasteiger partial charge on any atom is 0.219 e. The van der Waals surface area contributed by atoms with Crippen molar-refractivity contribution in [2.75, 3.05) is 0 Å². The fourth-order valence-electron chi connectivity index (χ4n) is 2.35. The average molecular weight is 376 g/mol. The van der Waals surface area contributed by atoms with Crippen LogP contribution in [0.5, 0.6) is 0 Å². The quantitative estimate of drug-likeness (QED) is 0.635. The van der Waals surface area contributed by atoms with Gasteiger partial charge in [-0.1, -0.05) is 30.0 Å². The Bertz CT molecular complexity index is 846. The molecule has 0 saturated carbocycles. The molecule has 2 N–H and O–H groups in total. The summed E-state index contributed by atoms with van der Waals surface area (Å²) in [6.45, 7) is 2.45. The number of aromatic nitrogens is 3. The van der Waals surface area contributed by atoms with Crippen molar-refractivity contribution < 1.29 is 9.18 Å². The Kier molecular flexibility index (Phi) is 5.50. The summed E-state index contributed by atoms with van der Waals surface area (Å²) in [5, 5.41) is 11.3. The van der Waals surface area contributed by atoms with Crippen LogP contribution in [0, 0.1) is 5.82 Å². The minimum absolute atomic E-state index is 0.0633. The van der Waals surface area contributed by atoms with Crippen LogP contribution in [-0.4, -0.2) is 20.7 Å². The number of carbonyl (C=O) groups excluding carboxylic acids is 1. The lowest BCUT2D eigenvalue weighted by Gasteiger charge is -2.13. The third-order valence-corrected chi connectivity index (χ3v) is 5.67. The number of hydrogen-bond acceptors (Lipinski definition) is 5. The van der Waals surface area contributed by atoms with E-state index in [1.165, 1.54) is 23.9 Å². The number of rotatable bonds is 7. The summed E-state index contributed by atoms with van der Waals surface area (Å²) in [5.74, 6) is 0.101. The van der Waals surface area contributed by atoms with E-state index in [4.69, 9.17) is 5.73 Å². The fourth-order valence-corrected chi connectivity index (χ4v) is 4.07. The second-order valence-corrected chi connectivity index (χ2v) is 7.72. The minimum atomic E-state index is -0.367. The van der Waals surface area contributed by atoms with Crippen LogP contribution in [0.1, 0.15) is 24.2 Å². The van der Waals surface area contributed by atoms with E-state index in [9.17, 15) is 9.18 Å². The van der Waals surface area contributed by atoms with Gasteiger partial charge in [0.2, 0.25) is 5.91 Å². The molecule has 25 heavy (non-hydrogen) atoms. The zero-order chi connectivity index (χ0) is 17.8. The SMILES string of the molecule is C[C@@H](Sc1nnc(-c2cccs2)n1CCC(N)=O)c1ccc(F)cc1. The van der Waals surface area contributed by atoms with Gasteiger partial charge in [-0.25, -0.2) is 4.39 Å². The molecular weight excluding hydrogens is 359 g/mol. The van der Waals surface area contributed by atoms with E-state index in [0.29, 0.717) is 11.7 Å². The van der Waals surface area contributed by atoms with Gasteiger partial charge in [-0.2, -0.15) is 0 Å². The fraction of sp³-hybridized carbons (Fsp3) is 0.235. The highest BCUT2D eigenvalue weighted by Gasteiger charge is 2.18. The van der Waals surface area contributed by atoms with Crippen molar-refractivity contribution >= 4 is 29.0 Å². The van der Waals surface area contributed by atoms with Crippen LogP contribution < -0.4 is 5.73 Å². The molecule has 0 aliphatic carbocycles. The molecule has 5 nitrogen and oxygen atoms in total. The molecule has 0 bridgehead atoms. The Morgan fingerprint density at radius 2 is 2.08 bits per heavy atom. The molecule has 3 rings (SSSR count). The molecule has 0 aliphatic heterocycles. The number of hydrogen-bond donors (Lipinski definition) is 1. The van der Waals surface area contributed by atoms with E-state index in [-0.39, 0.29) is 23.4 Å². The van der Waals surface area contributed by atoms with E-state index in [1.54, 1.807) is 23.5 Å². The third kappa shape index (κ3) is 4.26. The van der Waals surface area contributed by atoms with Crippen LogP contribution in [0.3, 0.4) is 0 Å². The van der Waals surface area contributed by atoms with E-state index in [0.717, 1.165) is 16.3 Å². The van der Waals surface area contributed by atoms with Gasteiger partial charge in [0.15, 0.2) is 11.0 Å². The predicted octanol–water partition coefficient (Wildman–Crippen LogP) is 3.87. The molecule has 0 radical (unpaired) electrons. The van der Waals surface area contributed by atoms with Gasteiger partial charge in [0.25, 0.3) is 0 Å². The maximum absolute atomic E-state index is 13.1. The lowest BCUT2D eigenvalue weighted by atomic mass is 10.2. The highest BCUT2D eigenvalue weighted by molar-refractivity contribution is 7.99. The zero-order valence-electron chi connectivity index (χ0n) is 13.6. The number of nitrogens with two attached hydrogens (primary N) is 1. The summed E-state index contributed by atoms with van der Waals surface area (Å²) in [7, 11) is 0. The maximum atomic E-state index is 13.1. The summed E-state index contributed by atoms with van der Waals surface area (Å²) in [4.78, 5) is 12.2. The second kappa shape index (κ2) is 7.79. The summed E-state index contributed by atoms with van der Waals surface area (Å²) >= 11 is 3.08. The first kappa shape index (κ1) is 17.6. The normalized spacial score (nSPS) is 12.2. The Balaban J connectivity index is 1.87. The van der Waals surface area contributed by atoms with Gasteiger partial charge >= 0.3 is 0 Å². The number of carbonyl (C=O) groups is 1. The predicted molar refractivity (Wildman–Crippen MR) is 97.8 cm³/mol. The van der Waals surface area contributed by atoms with Crippen LogP contribution >= 0.6 is 23.1 Å². The van der Waals surface area contributed by atoms with Gasteiger partial charge in [0.1, 0.15) is 5.82 Å². The second-order valence-electron chi connectivity index (χ2n) is 5.46. The van der Waals surface area contributed by atoms with Crippen LogP contribution in [-0.2, 0) is 11.3 Å². The van der Waals surface area contributed by atoms with Crippen molar-refractivity contribution in [1.29, 1.82) is 0 Å². The molecule has 2 aromatic heterocycles. The third-order valence-electron chi connectivity index (χ3n) is 3.66.